The number of hydrogen-bond donors (Lipinski definition) is 11. The van der Waals surface area contributed by atoms with Gasteiger partial charge in [0.2, 0.25) is 35.4 Å². The van der Waals surface area contributed by atoms with E-state index in [9.17, 15) is 43.8 Å². The van der Waals surface area contributed by atoms with Crippen LogP contribution >= 0.6 is 12.6 Å². The number of thiol groups is 1. The molecule has 0 aliphatic heterocycles. The summed E-state index contributed by atoms with van der Waals surface area (Å²) in [7, 11) is 0. The Labute approximate surface area is 216 Å². The van der Waals surface area contributed by atoms with Crippen molar-refractivity contribution in [2.75, 3.05) is 12.4 Å². The van der Waals surface area contributed by atoms with E-state index in [-0.39, 0.29) is 18.6 Å². The molecule has 37 heavy (non-hydrogen) atoms. The third-order valence-corrected chi connectivity index (χ3v) is 5.12. The lowest BCUT2D eigenvalue weighted by molar-refractivity contribution is -0.145. The molecule has 6 amide bonds. The number of aliphatic hydroxyl groups excluding tert-OH is 2. The molecule has 0 radical (unpaired) electrons. The lowest BCUT2D eigenvalue weighted by Gasteiger charge is -2.25. The Balaban J connectivity index is 5.37. The van der Waals surface area contributed by atoms with Crippen molar-refractivity contribution in [3.05, 3.63) is 0 Å². The van der Waals surface area contributed by atoms with Crippen molar-refractivity contribution in [1.82, 2.24) is 21.3 Å². The fraction of sp³-hybridized carbons (Fsp3) is 0.632. The fourth-order valence-electron chi connectivity index (χ4n) is 2.69. The average Bonchev–Trinajstić information content (AvgIpc) is 2.80. The number of nitrogens with one attached hydrogen (secondary N) is 4. The maximum Gasteiger partial charge on any atom is 0.328 e. The summed E-state index contributed by atoms with van der Waals surface area (Å²) < 4.78 is 0. The van der Waals surface area contributed by atoms with Crippen LogP contribution in [0.4, 0.5) is 0 Å². The van der Waals surface area contributed by atoms with Crippen LogP contribution < -0.4 is 38.5 Å². The molecule has 0 saturated heterocycles. The Morgan fingerprint density at radius 2 is 1.30 bits per heavy atom. The first-order valence-electron chi connectivity index (χ1n) is 10.8. The van der Waals surface area contributed by atoms with Crippen LogP contribution in [0, 0.1) is 0 Å². The zero-order valence-electron chi connectivity index (χ0n) is 19.9. The fourth-order valence-corrected chi connectivity index (χ4v) is 2.95. The van der Waals surface area contributed by atoms with Gasteiger partial charge in [0.15, 0.2) is 6.04 Å². The lowest BCUT2D eigenvalue weighted by atomic mass is 10.1. The summed E-state index contributed by atoms with van der Waals surface area (Å²) in [6, 6.07) is -7.68. The first-order chi connectivity index (χ1) is 17.1. The van der Waals surface area contributed by atoms with Gasteiger partial charge in [-0.05, 0) is 13.3 Å². The molecule has 17 nitrogen and oxygen atoms in total. The van der Waals surface area contributed by atoms with Gasteiger partial charge in [0.05, 0.1) is 25.2 Å². The number of hydrogen-bond acceptors (Lipinski definition) is 11. The zero-order valence-corrected chi connectivity index (χ0v) is 20.8. The van der Waals surface area contributed by atoms with E-state index in [2.05, 4.69) is 28.6 Å². The molecule has 0 aromatic rings. The molecule has 0 saturated carbocycles. The molecule has 0 heterocycles. The minimum atomic E-state index is -1.73. The van der Waals surface area contributed by atoms with Crippen molar-refractivity contribution in [3.8, 4) is 0 Å². The molecule has 0 unspecified atom stereocenters. The van der Waals surface area contributed by atoms with Crippen LogP contribution in [0.1, 0.15) is 26.2 Å². The quantitative estimate of drug-likeness (QED) is 0.0755. The standard InChI is InChI=1S/C19H33N7O10S/c1-7(28)14(19(35)36)26-17(33)10(5-27)24-18(34)11(6-37)25-16(32)9(4-13(22)30)23-15(31)8(20)2-3-12(21)29/h7-11,14,27-28,37H,2-6,20H2,1H3,(H2,21,29)(H2,22,30)(H,23,31)(H,24,34)(H,25,32)(H,26,33)(H,35,36)/t7-,8+,9+,10+,11+,14+/m1/s1. The second-order valence-corrected chi connectivity index (χ2v) is 8.26. The Bertz CT molecular complexity index is 872. The van der Waals surface area contributed by atoms with E-state index in [1.54, 1.807) is 0 Å². The SMILES string of the molecule is C[C@@H](O)[C@H](NC(=O)[C@H](CO)NC(=O)[C@H](CS)NC(=O)[C@H](CC(N)=O)NC(=O)[C@@H](N)CCC(N)=O)C(=O)O. The zero-order chi connectivity index (χ0) is 28.9. The Morgan fingerprint density at radius 3 is 1.73 bits per heavy atom. The van der Waals surface area contributed by atoms with E-state index in [0.717, 1.165) is 6.92 Å². The number of rotatable bonds is 17. The summed E-state index contributed by atoms with van der Waals surface area (Å²) in [6.45, 7) is 0.129. The summed E-state index contributed by atoms with van der Waals surface area (Å²) in [5.74, 6) is -7.74. The topological polar surface area (TPSA) is 306 Å². The average molecular weight is 552 g/mol. The van der Waals surface area contributed by atoms with Crippen LogP contribution in [0.2, 0.25) is 0 Å². The van der Waals surface area contributed by atoms with Crippen LogP contribution in [-0.2, 0) is 33.6 Å². The summed E-state index contributed by atoms with van der Waals surface area (Å²) in [5, 5.41) is 36.4. The number of carbonyl (C=O) groups is 7. The van der Waals surface area contributed by atoms with Gasteiger partial charge < -0.3 is 53.8 Å². The summed E-state index contributed by atoms with van der Waals surface area (Å²) in [5.41, 5.74) is 15.7. The van der Waals surface area contributed by atoms with Gasteiger partial charge in [0.1, 0.15) is 18.1 Å². The number of amides is 6. The number of aliphatic hydroxyl groups is 2. The first-order valence-corrected chi connectivity index (χ1v) is 11.4. The van der Waals surface area contributed by atoms with Crippen molar-refractivity contribution in [2.45, 2.75) is 62.5 Å². The molecule has 6 atom stereocenters. The van der Waals surface area contributed by atoms with E-state index >= 15 is 0 Å². The van der Waals surface area contributed by atoms with E-state index in [4.69, 9.17) is 22.3 Å². The van der Waals surface area contributed by atoms with Crippen LogP contribution in [-0.4, -0.2) is 105 Å². The molecule has 0 aromatic carbocycles. The second kappa shape index (κ2) is 16.3. The summed E-state index contributed by atoms with van der Waals surface area (Å²) in [6.07, 6.45) is -2.54. The van der Waals surface area contributed by atoms with Crippen LogP contribution in [0.3, 0.4) is 0 Å². The van der Waals surface area contributed by atoms with Gasteiger partial charge in [0.25, 0.3) is 0 Å². The number of nitrogens with two attached hydrogens (primary N) is 3. The Hall–Kier alpha value is -3.48. The Kier molecular flexibility index (Phi) is 14.8. The molecule has 18 heteroatoms. The van der Waals surface area contributed by atoms with Gasteiger partial charge in [-0.1, -0.05) is 0 Å². The van der Waals surface area contributed by atoms with Gasteiger partial charge in [-0.25, -0.2) is 4.79 Å². The van der Waals surface area contributed by atoms with E-state index in [1.807, 2.05) is 5.32 Å². The van der Waals surface area contributed by atoms with Gasteiger partial charge in [-0.15, -0.1) is 0 Å². The van der Waals surface area contributed by atoms with Gasteiger partial charge in [-0.3, -0.25) is 28.8 Å². The molecular weight excluding hydrogens is 518 g/mol. The van der Waals surface area contributed by atoms with Crippen molar-refractivity contribution in [1.29, 1.82) is 0 Å². The minimum Gasteiger partial charge on any atom is -0.480 e. The predicted molar refractivity (Wildman–Crippen MR) is 128 cm³/mol. The minimum absolute atomic E-state index is 0.143. The van der Waals surface area contributed by atoms with Crippen LogP contribution in [0.25, 0.3) is 0 Å². The maximum absolute atomic E-state index is 12.7. The highest BCUT2D eigenvalue weighted by molar-refractivity contribution is 7.80. The van der Waals surface area contributed by atoms with Crippen molar-refractivity contribution < 1.29 is 48.9 Å². The molecule has 0 rings (SSSR count). The molecule has 0 aliphatic carbocycles. The van der Waals surface area contributed by atoms with Crippen molar-refractivity contribution >= 4 is 54.0 Å². The van der Waals surface area contributed by atoms with Gasteiger partial charge >= 0.3 is 5.97 Å². The Morgan fingerprint density at radius 1 is 0.811 bits per heavy atom. The molecule has 0 fully saturated rings. The van der Waals surface area contributed by atoms with Crippen molar-refractivity contribution in [3.63, 3.8) is 0 Å². The number of primary amides is 2. The highest BCUT2D eigenvalue weighted by atomic mass is 32.1. The number of carboxylic acid groups (broad SMARTS) is 1. The third-order valence-electron chi connectivity index (χ3n) is 4.75. The molecule has 13 N–H and O–H groups in total. The monoisotopic (exact) mass is 551 g/mol. The number of carbonyl (C=O) groups excluding carboxylic acids is 6. The lowest BCUT2D eigenvalue weighted by Crippen LogP contribution is -2.60. The highest BCUT2D eigenvalue weighted by Crippen LogP contribution is 2.01. The van der Waals surface area contributed by atoms with Crippen LogP contribution in [0.15, 0.2) is 0 Å². The number of aliphatic carboxylic acids is 1. The van der Waals surface area contributed by atoms with Crippen molar-refractivity contribution in [2.24, 2.45) is 17.2 Å². The second-order valence-electron chi connectivity index (χ2n) is 7.90. The smallest absolute Gasteiger partial charge is 0.328 e. The van der Waals surface area contributed by atoms with Gasteiger partial charge in [-0.2, -0.15) is 12.6 Å². The largest absolute Gasteiger partial charge is 0.480 e. The normalized spacial score (nSPS) is 15.6. The summed E-state index contributed by atoms with van der Waals surface area (Å²) in [4.78, 5) is 83.1. The maximum atomic E-state index is 12.7. The molecular formula is C19H33N7O10S. The van der Waals surface area contributed by atoms with E-state index in [1.165, 1.54) is 0 Å². The van der Waals surface area contributed by atoms with Gasteiger partial charge in [0, 0.05) is 12.2 Å². The first kappa shape index (κ1) is 33.5. The number of carboxylic acids is 1. The molecule has 0 aliphatic rings. The molecule has 0 aromatic heterocycles. The van der Waals surface area contributed by atoms with E-state index < -0.39 is 90.8 Å². The molecule has 0 spiro atoms. The third kappa shape index (κ3) is 12.4. The predicted octanol–water partition coefficient (Wildman–Crippen LogP) is -6.22. The molecule has 0 bridgehead atoms. The summed E-state index contributed by atoms with van der Waals surface area (Å²) >= 11 is 3.94. The highest BCUT2D eigenvalue weighted by Gasteiger charge is 2.32. The van der Waals surface area contributed by atoms with Crippen LogP contribution in [0.5, 0.6) is 0 Å². The molecule has 210 valence electrons. The van der Waals surface area contributed by atoms with E-state index in [0.29, 0.717) is 0 Å².